The van der Waals surface area contributed by atoms with E-state index in [2.05, 4.69) is 18.9 Å². The van der Waals surface area contributed by atoms with E-state index in [1.807, 2.05) is 29.2 Å². The zero-order valence-electron chi connectivity index (χ0n) is 17.0. The molecule has 0 aromatic heterocycles. The lowest BCUT2D eigenvalue weighted by Crippen LogP contribution is -2.47. The highest BCUT2D eigenvalue weighted by molar-refractivity contribution is 7.89. The van der Waals surface area contributed by atoms with E-state index in [-0.39, 0.29) is 17.7 Å². The molecule has 7 heteroatoms. The second-order valence-corrected chi connectivity index (χ2v) is 9.58. The summed E-state index contributed by atoms with van der Waals surface area (Å²) >= 11 is 0. The molecule has 1 aliphatic heterocycles. The van der Waals surface area contributed by atoms with Crippen molar-refractivity contribution < 1.29 is 13.2 Å². The van der Waals surface area contributed by atoms with E-state index >= 15 is 0 Å². The lowest BCUT2D eigenvalue weighted by molar-refractivity contribution is 0.0686. The van der Waals surface area contributed by atoms with Gasteiger partial charge in [0.05, 0.1) is 5.75 Å². The number of anilines is 1. The van der Waals surface area contributed by atoms with Gasteiger partial charge in [-0.1, -0.05) is 13.3 Å². The second kappa shape index (κ2) is 9.55. The number of hydrogen-bond acceptors (Lipinski definition) is 4. The summed E-state index contributed by atoms with van der Waals surface area (Å²) < 4.78 is 25.5. The van der Waals surface area contributed by atoms with Crippen LogP contribution in [0.5, 0.6) is 0 Å². The number of carbonyl (C=O) groups is 1. The van der Waals surface area contributed by atoms with Crippen molar-refractivity contribution >= 4 is 21.6 Å². The Hall–Kier alpha value is -1.60. The quantitative estimate of drug-likeness (QED) is 0.679. The Morgan fingerprint density at radius 3 is 2.22 bits per heavy atom. The molecule has 0 aliphatic carbocycles. The largest absolute Gasteiger partial charge is 0.375 e. The molecule has 152 valence electrons. The van der Waals surface area contributed by atoms with Crippen LogP contribution >= 0.6 is 0 Å². The fourth-order valence-electron chi connectivity index (χ4n) is 3.43. The SMILES string of the molecule is CCCCN(C)c1ccc(C(=O)N2CCC(N(C)S(=O)(=O)CC)CC2)cc1. The number of likely N-dealkylation sites (tertiary alicyclic amines) is 1. The van der Waals surface area contributed by atoms with Gasteiger partial charge in [0.2, 0.25) is 10.0 Å². The number of hydrogen-bond donors (Lipinski definition) is 0. The molecule has 0 N–H and O–H groups in total. The van der Waals surface area contributed by atoms with Gasteiger partial charge in [0.25, 0.3) is 5.91 Å². The van der Waals surface area contributed by atoms with Crippen molar-refractivity contribution in [3.63, 3.8) is 0 Å². The monoisotopic (exact) mass is 395 g/mol. The van der Waals surface area contributed by atoms with E-state index in [9.17, 15) is 13.2 Å². The summed E-state index contributed by atoms with van der Waals surface area (Å²) in [6, 6.07) is 7.75. The van der Waals surface area contributed by atoms with Crippen LogP contribution in [-0.4, -0.2) is 69.1 Å². The van der Waals surface area contributed by atoms with Crippen LogP contribution in [0.15, 0.2) is 24.3 Å². The molecule has 0 spiro atoms. The molecule has 1 fully saturated rings. The van der Waals surface area contributed by atoms with Crippen LogP contribution < -0.4 is 4.90 Å². The number of piperidine rings is 1. The lowest BCUT2D eigenvalue weighted by Gasteiger charge is -2.36. The summed E-state index contributed by atoms with van der Waals surface area (Å²) in [5, 5.41) is 0. The molecule has 2 rings (SSSR count). The molecule has 1 amide bonds. The topological polar surface area (TPSA) is 60.9 Å². The fourth-order valence-corrected chi connectivity index (χ4v) is 4.50. The Labute approximate surface area is 164 Å². The third-order valence-corrected chi connectivity index (χ3v) is 7.38. The van der Waals surface area contributed by atoms with Gasteiger partial charge in [-0.15, -0.1) is 0 Å². The maximum atomic E-state index is 12.8. The molecule has 27 heavy (non-hydrogen) atoms. The van der Waals surface area contributed by atoms with E-state index < -0.39 is 10.0 Å². The number of rotatable bonds is 8. The standard InChI is InChI=1S/C20H33N3O3S/c1-5-7-14-21(3)18-10-8-17(9-11-18)20(24)23-15-12-19(13-16-23)22(4)27(25,26)6-2/h8-11,19H,5-7,12-16H2,1-4H3. The minimum Gasteiger partial charge on any atom is -0.375 e. The first-order valence-electron chi connectivity index (χ1n) is 9.86. The molecule has 0 radical (unpaired) electrons. The predicted octanol–water partition coefficient (Wildman–Crippen LogP) is 2.81. The first-order valence-corrected chi connectivity index (χ1v) is 11.5. The summed E-state index contributed by atoms with van der Waals surface area (Å²) in [7, 11) is 0.533. The normalized spacial score (nSPS) is 16.0. The molecular weight excluding hydrogens is 362 g/mol. The van der Waals surface area contributed by atoms with Gasteiger partial charge in [-0.05, 0) is 50.5 Å². The van der Waals surface area contributed by atoms with Gasteiger partial charge in [-0.2, -0.15) is 0 Å². The van der Waals surface area contributed by atoms with Gasteiger partial charge >= 0.3 is 0 Å². The average Bonchev–Trinajstić information content (AvgIpc) is 2.71. The highest BCUT2D eigenvalue weighted by atomic mass is 32.2. The van der Waals surface area contributed by atoms with Crippen LogP contribution in [0.1, 0.15) is 49.9 Å². The number of unbranched alkanes of at least 4 members (excludes halogenated alkanes) is 1. The molecule has 1 aromatic rings. The van der Waals surface area contributed by atoms with Crippen molar-refractivity contribution in [1.29, 1.82) is 0 Å². The number of sulfonamides is 1. The smallest absolute Gasteiger partial charge is 0.253 e. The van der Waals surface area contributed by atoms with E-state index in [1.165, 1.54) is 4.31 Å². The molecule has 1 aromatic carbocycles. The molecule has 0 saturated carbocycles. The zero-order chi connectivity index (χ0) is 20.0. The van der Waals surface area contributed by atoms with Crippen LogP contribution in [0.3, 0.4) is 0 Å². The van der Waals surface area contributed by atoms with Gasteiger partial charge in [0, 0.05) is 51.0 Å². The van der Waals surface area contributed by atoms with Crippen LogP contribution in [-0.2, 0) is 10.0 Å². The molecule has 1 saturated heterocycles. The maximum Gasteiger partial charge on any atom is 0.253 e. The van der Waals surface area contributed by atoms with Crippen molar-refractivity contribution in [2.75, 3.05) is 44.4 Å². The van der Waals surface area contributed by atoms with Crippen LogP contribution in [0.25, 0.3) is 0 Å². The Bertz CT molecular complexity index is 710. The van der Waals surface area contributed by atoms with Gasteiger partial charge in [-0.3, -0.25) is 4.79 Å². The van der Waals surface area contributed by atoms with Gasteiger partial charge in [-0.25, -0.2) is 12.7 Å². The van der Waals surface area contributed by atoms with Crippen LogP contribution in [0.2, 0.25) is 0 Å². The highest BCUT2D eigenvalue weighted by Crippen LogP contribution is 2.21. The van der Waals surface area contributed by atoms with Crippen molar-refractivity contribution in [2.45, 2.75) is 45.6 Å². The molecule has 1 aliphatic rings. The van der Waals surface area contributed by atoms with E-state index in [0.29, 0.717) is 31.5 Å². The van der Waals surface area contributed by atoms with Crippen molar-refractivity contribution in [3.8, 4) is 0 Å². The van der Waals surface area contributed by atoms with Crippen molar-refractivity contribution in [2.24, 2.45) is 0 Å². The number of nitrogens with zero attached hydrogens (tertiary/aromatic N) is 3. The third-order valence-electron chi connectivity index (χ3n) is 5.47. The fraction of sp³-hybridized carbons (Fsp3) is 0.650. The minimum atomic E-state index is -3.18. The van der Waals surface area contributed by atoms with Gasteiger partial charge < -0.3 is 9.80 Å². The highest BCUT2D eigenvalue weighted by Gasteiger charge is 2.30. The van der Waals surface area contributed by atoms with Crippen LogP contribution in [0, 0.1) is 0 Å². The molecular formula is C20H33N3O3S. The average molecular weight is 396 g/mol. The van der Waals surface area contributed by atoms with Crippen LogP contribution in [0.4, 0.5) is 5.69 Å². The Morgan fingerprint density at radius 1 is 1.11 bits per heavy atom. The lowest BCUT2D eigenvalue weighted by atomic mass is 10.0. The number of carbonyl (C=O) groups excluding carboxylic acids is 1. The molecule has 0 bridgehead atoms. The summed E-state index contributed by atoms with van der Waals surface area (Å²) in [4.78, 5) is 16.8. The summed E-state index contributed by atoms with van der Waals surface area (Å²) in [5.74, 6) is 0.138. The minimum absolute atomic E-state index is 0.0198. The zero-order valence-corrected chi connectivity index (χ0v) is 17.8. The van der Waals surface area contributed by atoms with E-state index in [1.54, 1.807) is 14.0 Å². The van der Waals surface area contributed by atoms with Gasteiger partial charge in [0.15, 0.2) is 0 Å². The van der Waals surface area contributed by atoms with Crippen molar-refractivity contribution in [1.82, 2.24) is 9.21 Å². The molecule has 0 unspecified atom stereocenters. The Kier molecular flexibility index (Phi) is 7.68. The predicted molar refractivity (Wildman–Crippen MR) is 111 cm³/mol. The Morgan fingerprint density at radius 2 is 1.70 bits per heavy atom. The Balaban J connectivity index is 1.94. The second-order valence-electron chi connectivity index (χ2n) is 7.26. The molecule has 0 atom stereocenters. The third kappa shape index (κ3) is 5.45. The number of benzene rings is 1. The number of amides is 1. The maximum absolute atomic E-state index is 12.8. The van der Waals surface area contributed by atoms with Crippen molar-refractivity contribution in [3.05, 3.63) is 29.8 Å². The first kappa shape index (κ1) is 21.7. The summed E-state index contributed by atoms with van der Waals surface area (Å²) in [5.41, 5.74) is 1.81. The van der Waals surface area contributed by atoms with E-state index in [4.69, 9.17) is 0 Å². The van der Waals surface area contributed by atoms with Gasteiger partial charge in [0.1, 0.15) is 0 Å². The summed E-state index contributed by atoms with van der Waals surface area (Å²) in [6.45, 7) is 6.02. The molecule has 6 nitrogen and oxygen atoms in total. The summed E-state index contributed by atoms with van der Waals surface area (Å²) in [6.07, 6.45) is 3.67. The molecule has 1 heterocycles. The van der Waals surface area contributed by atoms with E-state index in [0.717, 1.165) is 25.1 Å². The first-order chi connectivity index (χ1) is 12.8.